The minimum absolute atomic E-state index is 0.0820. The Balaban J connectivity index is 1.91. The Bertz CT molecular complexity index is 723. The first-order valence-corrected chi connectivity index (χ1v) is 14.9. The van der Waals surface area contributed by atoms with Gasteiger partial charge in [0.05, 0.1) is 0 Å². The van der Waals surface area contributed by atoms with Crippen LogP contribution in [-0.2, 0) is 15.6 Å². The van der Waals surface area contributed by atoms with Crippen LogP contribution in [0.3, 0.4) is 0 Å². The molecule has 0 radical (unpaired) electrons. The zero-order valence-electron chi connectivity index (χ0n) is 16.4. The molecule has 3 rings (SSSR count). The summed E-state index contributed by atoms with van der Waals surface area (Å²) < 4.78 is 1.45. The summed E-state index contributed by atoms with van der Waals surface area (Å²) in [6, 6.07) is 6.58. The molecule has 1 heterocycles. The van der Waals surface area contributed by atoms with Crippen molar-refractivity contribution in [3.05, 3.63) is 29.3 Å². The number of hydrogen-bond donors (Lipinski definition) is 0. The van der Waals surface area contributed by atoms with E-state index in [9.17, 15) is 4.79 Å². The van der Waals surface area contributed by atoms with E-state index in [0.29, 0.717) is 6.42 Å². The van der Waals surface area contributed by atoms with Gasteiger partial charge < -0.3 is 0 Å². The Morgan fingerprint density at radius 1 is 1.20 bits per heavy atom. The van der Waals surface area contributed by atoms with E-state index in [1.807, 2.05) is 6.92 Å². The van der Waals surface area contributed by atoms with Crippen LogP contribution in [0, 0.1) is 0 Å². The molecule has 0 fully saturated rings. The molecule has 1 aromatic rings. The van der Waals surface area contributed by atoms with E-state index in [0.717, 1.165) is 11.4 Å². The van der Waals surface area contributed by atoms with Gasteiger partial charge in [-0.25, -0.2) is 0 Å². The Hall–Kier alpha value is -0.910. The van der Waals surface area contributed by atoms with Gasteiger partial charge in [-0.3, -0.25) is 0 Å². The minimum atomic E-state index is -0.636. The fourth-order valence-electron chi connectivity index (χ4n) is 4.62. The molecule has 138 valence electrons. The molecule has 1 aliphatic carbocycles. The summed E-state index contributed by atoms with van der Waals surface area (Å²) in [6.07, 6.45) is 4.26. The third-order valence-electron chi connectivity index (χ3n) is 5.61. The molecule has 25 heavy (non-hydrogen) atoms. The second-order valence-corrected chi connectivity index (χ2v) is 15.1. The molecule has 1 unspecified atom stereocenters. The number of fused-ring (bicyclic) bond motifs is 1. The summed E-state index contributed by atoms with van der Waals surface area (Å²) in [5, 5.41) is 6.01. The molecule has 0 N–H and O–H groups in total. The number of amides is 1. The van der Waals surface area contributed by atoms with Crippen LogP contribution in [0.4, 0.5) is 5.69 Å². The van der Waals surface area contributed by atoms with Gasteiger partial charge in [0.2, 0.25) is 0 Å². The maximum absolute atomic E-state index is 12.2. The summed E-state index contributed by atoms with van der Waals surface area (Å²) in [6.45, 7) is 9.05. The number of hydrazone groups is 1. The predicted molar refractivity (Wildman–Crippen MR) is 117 cm³/mol. The second kappa shape index (κ2) is 6.67. The molecule has 0 bridgehead atoms. The number of carbonyl (C=O) groups is 1. The first-order chi connectivity index (χ1) is 11.6. The van der Waals surface area contributed by atoms with Gasteiger partial charge in [-0.1, -0.05) is 0 Å². The molecule has 1 aliphatic heterocycles. The van der Waals surface area contributed by atoms with Crippen molar-refractivity contribution in [1.82, 2.24) is 0 Å². The average Bonchev–Trinajstić information content (AvgIpc) is 2.93. The van der Waals surface area contributed by atoms with Crippen LogP contribution in [-0.4, -0.2) is 25.9 Å². The van der Waals surface area contributed by atoms with E-state index in [2.05, 4.69) is 53.9 Å². The summed E-state index contributed by atoms with van der Waals surface area (Å²) in [4.78, 5) is 17.1. The van der Waals surface area contributed by atoms with Gasteiger partial charge in [-0.15, -0.1) is 0 Å². The van der Waals surface area contributed by atoms with E-state index in [1.54, 1.807) is 5.01 Å². The topological polar surface area (TPSA) is 32.7 Å². The quantitative estimate of drug-likeness (QED) is 0.440. The zero-order chi connectivity index (χ0) is 18.4. The Labute approximate surface area is 159 Å². The number of hydrogen-bond acceptors (Lipinski definition) is 2. The summed E-state index contributed by atoms with van der Waals surface area (Å²) >= 11 is -0.636. The summed E-state index contributed by atoms with van der Waals surface area (Å²) in [7, 11) is 0. The van der Waals surface area contributed by atoms with E-state index >= 15 is 0 Å². The number of halogens is 1. The third-order valence-corrected chi connectivity index (χ3v) is 8.53. The normalized spacial score (nSPS) is 25.2. The fourth-order valence-corrected chi connectivity index (χ4v) is 6.53. The first-order valence-electron chi connectivity index (χ1n) is 9.10. The molecule has 4 heteroatoms. The first kappa shape index (κ1) is 18.9. The molecule has 0 aromatic heterocycles. The molecule has 0 spiro atoms. The van der Waals surface area contributed by atoms with Gasteiger partial charge in [0.25, 0.3) is 0 Å². The Morgan fingerprint density at radius 3 is 2.52 bits per heavy atom. The van der Waals surface area contributed by atoms with Crippen molar-refractivity contribution in [2.45, 2.75) is 64.2 Å². The Morgan fingerprint density at radius 2 is 1.92 bits per heavy atom. The summed E-state index contributed by atoms with van der Waals surface area (Å²) in [5.74, 6) is 0.0820. The van der Waals surface area contributed by atoms with Crippen molar-refractivity contribution < 1.29 is 4.79 Å². The number of carbonyl (C=O) groups excluding carboxylic acids is 1. The number of anilines is 1. The van der Waals surface area contributed by atoms with Gasteiger partial charge >= 0.3 is 160 Å². The zero-order valence-corrected chi connectivity index (χ0v) is 18.6. The van der Waals surface area contributed by atoms with Gasteiger partial charge in [0.15, 0.2) is 0 Å². The van der Waals surface area contributed by atoms with Crippen LogP contribution < -0.4 is 5.01 Å². The molecular weight excluding hydrogens is 423 g/mol. The van der Waals surface area contributed by atoms with Crippen molar-refractivity contribution in [3.8, 4) is 0 Å². The van der Waals surface area contributed by atoms with E-state index in [1.165, 1.54) is 34.8 Å². The van der Waals surface area contributed by atoms with Crippen molar-refractivity contribution >= 4 is 37.1 Å². The average molecular weight is 454 g/mol. The van der Waals surface area contributed by atoms with Gasteiger partial charge in [-0.05, 0) is 0 Å². The number of rotatable bonds is 5. The van der Waals surface area contributed by atoms with Crippen LogP contribution in [0.2, 0.25) is 0 Å². The maximum atomic E-state index is 12.2. The number of alkyl halides is 3. The molecule has 3 nitrogen and oxygen atoms in total. The molecule has 1 amide bonds. The van der Waals surface area contributed by atoms with Gasteiger partial charge in [0, 0.05) is 0 Å². The molecular formula is C21H31IN2O. The van der Waals surface area contributed by atoms with Crippen molar-refractivity contribution in [2.24, 2.45) is 5.10 Å². The monoisotopic (exact) mass is 454 g/mol. The van der Waals surface area contributed by atoms with Crippen LogP contribution in [0.25, 0.3) is 0 Å². The van der Waals surface area contributed by atoms with Crippen molar-refractivity contribution in [1.29, 1.82) is 0 Å². The Kier molecular flexibility index (Phi) is 5.04. The third kappa shape index (κ3) is 3.64. The van der Waals surface area contributed by atoms with Crippen molar-refractivity contribution in [3.63, 3.8) is 0 Å². The SMILES string of the molecule is CC1=NN(c2ccc3c(c2)C(C)(C)CC3(C)CCCI(C)C)C(=O)C1. The van der Waals surface area contributed by atoms with E-state index < -0.39 is 19.8 Å². The molecule has 0 saturated carbocycles. The molecule has 1 atom stereocenters. The van der Waals surface area contributed by atoms with Crippen molar-refractivity contribution in [2.75, 3.05) is 19.3 Å². The summed E-state index contributed by atoms with van der Waals surface area (Å²) in [5.41, 5.74) is 5.13. The molecule has 0 saturated heterocycles. The number of nitrogens with zero attached hydrogens (tertiary/aromatic N) is 2. The van der Waals surface area contributed by atoms with E-state index in [-0.39, 0.29) is 16.7 Å². The fraction of sp³-hybridized carbons (Fsp3) is 0.619. The molecule has 2 aliphatic rings. The van der Waals surface area contributed by atoms with Crippen LogP contribution in [0.1, 0.15) is 64.5 Å². The van der Waals surface area contributed by atoms with Gasteiger partial charge in [-0.2, -0.15) is 0 Å². The van der Waals surface area contributed by atoms with E-state index in [4.69, 9.17) is 0 Å². The van der Waals surface area contributed by atoms with Crippen LogP contribution in [0.15, 0.2) is 23.3 Å². The second-order valence-electron chi connectivity index (χ2n) is 8.77. The number of benzene rings is 1. The van der Waals surface area contributed by atoms with Crippen LogP contribution in [0.5, 0.6) is 0 Å². The standard InChI is InChI=1S/C21H31IN2O/c1-15-12-19(25)24(23-15)16-8-9-17-18(13-16)20(2,3)14-21(17,4)10-7-11-22(5)6/h8-9,13H,7,10-12,14H2,1-6H3. The molecule has 1 aromatic carbocycles. The van der Waals surface area contributed by atoms with Crippen LogP contribution >= 0.6 is 19.8 Å². The van der Waals surface area contributed by atoms with Gasteiger partial charge in [0.1, 0.15) is 0 Å². The predicted octanol–water partition coefficient (Wildman–Crippen LogP) is 5.28.